The van der Waals surface area contributed by atoms with E-state index in [0.717, 1.165) is 15.0 Å². The molecule has 1 aromatic heterocycles. The van der Waals surface area contributed by atoms with Crippen LogP contribution >= 0.6 is 34.5 Å². The minimum Gasteiger partial charge on any atom is -0.546 e. The van der Waals surface area contributed by atoms with Crippen molar-refractivity contribution in [3.8, 4) is 5.75 Å². The molecule has 0 aliphatic rings. The van der Waals surface area contributed by atoms with Gasteiger partial charge in [0.05, 0.1) is 21.3 Å². The number of benzene rings is 1. The van der Waals surface area contributed by atoms with Crippen LogP contribution in [-0.2, 0) is 10.4 Å². The molecule has 0 aliphatic carbocycles. The van der Waals surface area contributed by atoms with Crippen molar-refractivity contribution >= 4 is 50.6 Å². The van der Waals surface area contributed by atoms with Crippen LogP contribution in [0, 0.1) is 0 Å². The zero-order chi connectivity index (χ0) is 15.1. The van der Waals surface area contributed by atoms with Gasteiger partial charge in [0, 0.05) is 4.88 Å². The fourth-order valence-corrected chi connectivity index (χ4v) is 3.30. The van der Waals surface area contributed by atoms with Crippen LogP contribution in [0.5, 0.6) is 5.75 Å². The van der Waals surface area contributed by atoms with E-state index in [9.17, 15) is 15.0 Å². The van der Waals surface area contributed by atoms with E-state index in [1.807, 2.05) is 0 Å². The molecule has 0 radical (unpaired) electrons. The van der Waals surface area contributed by atoms with Crippen molar-refractivity contribution in [3.63, 3.8) is 0 Å². The average molecular weight is 334 g/mol. The van der Waals surface area contributed by atoms with Crippen LogP contribution in [0.15, 0.2) is 12.1 Å². The van der Waals surface area contributed by atoms with Gasteiger partial charge in [-0.05, 0) is 31.4 Å². The molecule has 4 nitrogen and oxygen atoms in total. The summed E-state index contributed by atoms with van der Waals surface area (Å²) in [5.41, 5.74) is -0.995. The van der Waals surface area contributed by atoms with Gasteiger partial charge in [-0.25, -0.2) is 0 Å². The Morgan fingerprint density at radius 3 is 2.60 bits per heavy atom. The number of carboxylic acids is 1. The predicted molar refractivity (Wildman–Crippen MR) is 77.6 cm³/mol. The van der Waals surface area contributed by atoms with Crippen LogP contribution in [0.3, 0.4) is 0 Å². The summed E-state index contributed by atoms with van der Waals surface area (Å²) >= 11 is 13.5. The van der Waals surface area contributed by atoms with E-state index in [-0.39, 0.29) is 15.8 Å². The topological polar surface area (TPSA) is 69.6 Å². The maximum Gasteiger partial charge on any atom is 0.140 e. The van der Waals surface area contributed by atoms with E-state index in [0.29, 0.717) is 0 Å². The van der Waals surface area contributed by atoms with Crippen molar-refractivity contribution in [2.45, 2.75) is 19.4 Å². The Morgan fingerprint density at radius 1 is 1.40 bits per heavy atom. The monoisotopic (exact) mass is 333 g/mol. The van der Waals surface area contributed by atoms with Crippen molar-refractivity contribution in [2.24, 2.45) is 0 Å². The fraction of sp³-hybridized carbons (Fsp3) is 0.308. The number of carboxylic acid groups (broad SMARTS) is 1. The Hall–Kier alpha value is -1.01. The van der Waals surface area contributed by atoms with E-state index >= 15 is 0 Å². The zero-order valence-electron chi connectivity index (χ0n) is 10.7. The SMILES string of the molecule is CC(C)(O)c1cc2cc(OCC(=O)[O-])c(Cl)c(Cl)c2s1. The lowest BCUT2D eigenvalue weighted by atomic mass is 10.1. The molecular weight excluding hydrogens is 323 g/mol. The van der Waals surface area contributed by atoms with Gasteiger partial charge >= 0.3 is 0 Å². The van der Waals surface area contributed by atoms with Crippen molar-refractivity contribution in [2.75, 3.05) is 6.61 Å². The van der Waals surface area contributed by atoms with Crippen LogP contribution < -0.4 is 9.84 Å². The molecule has 1 aromatic carbocycles. The lowest BCUT2D eigenvalue weighted by molar-refractivity contribution is -0.307. The first-order chi connectivity index (χ1) is 9.20. The fourth-order valence-electron chi connectivity index (χ4n) is 1.64. The highest BCUT2D eigenvalue weighted by molar-refractivity contribution is 7.20. The van der Waals surface area contributed by atoms with E-state index in [1.165, 1.54) is 11.3 Å². The maximum absolute atomic E-state index is 10.4. The highest BCUT2D eigenvalue weighted by Gasteiger charge is 2.22. The Balaban J connectivity index is 2.53. The number of fused-ring (bicyclic) bond motifs is 1. The highest BCUT2D eigenvalue weighted by atomic mass is 35.5. The number of aliphatic carboxylic acids is 1. The van der Waals surface area contributed by atoms with Gasteiger partial charge in [-0.2, -0.15) is 0 Å². The van der Waals surface area contributed by atoms with Gasteiger partial charge in [0.15, 0.2) is 0 Å². The average Bonchev–Trinajstić information content (AvgIpc) is 2.75. The lowest BCUT2D eigenvalue weighted by Gasteiger charge is -2.13. The van der Waals surface area contributed by atoms with Crippen LogP contribution in [-0.4, -0.2) is 17.7 Å². The Kier molecular flexibility index (Phi) is 4.16. The molecule has 0 atom stereocenters. The lowest BCUT2D eigenvalue weighted by Crippen LogP contribution is -2.29. The summed E-state index contributed by atoms with van der Waals surface area (Å²) in [5.74, 6) is -1.17. The van der Waals surface area contributed by atoms with Gasteiger partial charge in [0.2, 0.25) is 0 Å². The summed E-state index contributed by atoms with van der Waals surface area (Å²) in [6.45, 7) is 2.73. The number of rotatable bonds is 4. The summed E-state index contributed by atoms with van der Waals surface area (Å²) in [6, 6.07) is 3.37. The third-order valence-electron chi connectivity index (χ3n) is 2.60. The third kappa shape index (κ3) is 3.01. The molecule has 0 fully saturated rings. The maximum atomic E-state index is 10.4. The standard InChI is InChI=1S/C13H12Cl2O4S/c1-13(2,18)8-4-6-3-7(19-5-9(16)17)10(14)11(15)12(6)20-8/h3-4,18H,5H2,1-2H3,(H,16,17)/p-1. The van der Waals surface area contributed by atoms with Gasteiger partial charge in [-0.15, -0.1) is 11.3 Å². The first-order valence-electron chi connectivity index (χ1n) is 5.67. The Morgan fingerprint density at radius 2 is 2.05 bits per heavy atom. The van der Waals surface area contributed by atoms with Gasteiger partial charge in [-0.3, -0.25) is 0 Å². The first-order valence-corrected chi connectivity index (χ1v) is 7.24. The molecular formula is C13H11Cl2O4S-. The van der Waals surface area contributed by atoms with E-state index in [1.54, 1.807) is 26.0 Å². The predicted octanol–water partition coefficient (Wildman–Crippen LogP) is 2.56. The molecule has 2 rings (SSSR count). The summed E-state index contributed by atoms with van der Waals surface area (Å²) in [7, 11) is 0. The van der Waals surface area contributed by atoms with Crippen LogP contribution in [0.4, 0.5) is 0 Å². The van der Waals surface area contributed by atoms with Gasteiger partial charge in [0.25, 0.3) is 0 Å². The molecule has 0 bridgehead atoms. The Bertz CT molecular complexity index is 673. The van der Waals surface area contributed by atoms with Crippen LogP contribution in [0.2, 0.25) is 10.0 Å². The number of ether oxygens (including phenoxy) is 1. The molecule has 1 N–H and O–H groups in total. The summed E-state index contributed by atoms with van der Waals surface area (Å²) in [4.78, 5) is 11.1. The van der Waals surface area contributed by atoms with Gasteiger partial charge < -0.3 is 19.7 Å². The molecule has 2 aromatic rings. The van der Waals surface area contributed by atoms with Crippen LogP contribution in [0.25, 0.3) is 10.1 Å². The molecule has 7 heteroatoms. The second kappa shape index (κ2) is 5.41. The molecule has 20 heavy (non-hydrogen) atoms. The number of halogens is 2. The summed E-state index contributed by atoms with van der Waals surface area (Å²) in [6.07, 6.45) is 0. The van der Waals surface area contributed by atoms with Crippen molar-refractivity contribution in [1.29, 1.82) is 0 Å². The normalized spacial score (nSPS) is 11.8. The highest BCUT2D eigenvalue weighted by Crippen LogP contribution is 2.44. The number of hydrogen-bond acceptors (Lipinski definition) is 5. The molecule has 0 aliphatic heterocycles. The number of aliphatic hydroxyl groups is 1. The minimum atomic E-state index is -1.35. The zero-order valence-corrected chi connectivity index (χ0v) is 13.0. The van der Waals surface area contributed by atoms with E-state index < -0.39 is 18.2 Å². The molecule has 108 valence electrons. The first kappa shape index (κ1) is 15.4. The number of carbonyl (C=O) groups is 1. The smallest absolute Gasteiger partial charge is 0.140 e. The number of carbonyl (C=O) groups excluding carboxylic acids is 1. The molecule has 1 heterocycles. The summed E-state index contributed by atoms with van der Waals surface area (Å²) in [5, 5.41) is 21.6. The largest absolute Gasteiger partial charge is 0.546 e. The molecule has 0 spiro atoms. The number of hydrogen-bond donors (Lipinski definition) is 1. The van der Waals surface area contributed by atoms with Crippen molar-refractivity contribution in [1.82, 2.24) is 0 Å². The van der Waals surface area contributed by atoms with Crippen LogP contribution in [0.1, 0.15) is 18.7 Å². The molecule has 0 amide bonds. The van der Waals surface area contributed by atoms with Crippen molar-refractivity contribution in [3.05, 3.63) is 27.1 Å². The molecule has 0 saturated carbocycles. The second-order valence-electron chi connectivity index (χ2n) is 4.75. The third-order valence-corrected chi connectivity index (χ3v) is 5.05. The van der Waals surface area contributed by atoms with E-state index in [4.69, 9.17) is 27.9 Å². The van der Waals surface area contributed by atoms with E-state index in [2.05, 4.69) is 0 Å². The quantitative estimate of drug-likeness (QED) is 0.933. The number of thiophene rings is 1. The molecule has 0 saturated heterocycles. The summed E-state index contributed by atoms with van der Waals surface area (Å²) < 4.78 is 5.76. The van der Waals surface area contributed by atoms with Crippen molar-refractivity contribution < 1.29 is 19.7 Å². The van der Waals surface area contributed by atoms with Gasteiger partial charge in [-0.1, -0.05) is 23.2 Å². The minimum absolute atomic E-state index is 0.143. The second-order valence-corrected chi connectivity index (χ2v) is 6.56. The van der Waals surface area contributed by atoms with Gasteiger partial charge in [0.1, 0.15) is 17.4 Å². The molecule has 0 unspecified atom stereocenters. The Labute approximate surface area is 129 Å².